The lowest BCUT2D eigenvalue weighted by Crippen LogP contribution is -2.51. The van der Waals surface area contributed by atoms with Crippen molar-refractivity contribution in [2.24, 2.45) is 11.8 Å². The highest BCUT2D eigenvalue weighted by Crippen LogP contribution is 2.22. The number of carbonyl (C=O) groups is 4. The second-order valence-electron chi connectivity index (χ2n) is 12.7. The third kappa shape index (κ3) is 15.7. The fourth-order valence-electron chi connectivity index (χ4n) is 4.89. The molecule has 0 aromatic heterocycles. The molecule has 2 heterocycles. The number of likely N-dealkylation sites (N-methyl/N-ethyl adjacent to an activating group) is 1. The minimum absolute atomic E-state index is 0.0190. The summed E-state index contributed by atoms with van der Waals surface area (Å²) in [5.74, 6) is -0.135. The number of aliphatic hydroxyl groups is 2. The van der Waals surface area contributed by atoms with E-state index in [0.29, 0.717) is 31.4 Å². The van der Waals surface area contributed by atoms with Gasteiger partial charge in [0.2, 0.25) is 24.1 Å². The first-order valence-electron chi connectivity index (χ1n) is 15.9. The third-order valence-electron chi connectivity index (χ3n) is 7.34. The Bertz CT molecular complexity index is 850. The topological polar surface area (TPSA) is 143 Å². The van der Waals surface area contributed by atoms with Gasteiger partial charge in [0.1, 0.15) is 6.04 Å². The van der Waals surface area contributed by atoms with E-state index in [1.54, 1.807) is 20.0 Å². The lowest BCUT2D eigenvalue weighted by atomic mass is 9.99. The molecule has 0 aromatic rings. The average Bonchev–Trinajstić information content (AvgIpc) is 3.47. The summed E-state index contributed by atoms with van der Waals surface area (Å²) in [6.45, 7) is 18.7. The van der Waals surface area contributed by atoms with Crippen LogP contribution in [-0.2, 0) is 19.2 Å². The second-order valence-corrected chi connectivity index (χ2v) is 12.7. The van der Waals surface area contributed by atoms with E-state index in [4.69, 9.17) is 10.2 Å². The van der Waals surface area contributed by atoms with Gasteiger partial charge in [0.15, 0.2) is 0 Å². The molecule has 11 heteroatoms. The highest BCUT2D eigenvalue weighted by molar-refractivity contribution is 5.97. The van der Waals surface area contributed by atoms with Crippen LogP contribution >= 0.6 is 0 Å². The predicted octanol–water partition coefficient (Wildman–Crippen LogP) is 2.17. The highest BCUT2D eigenvalue weighted by atomic mass is 16.3. The first-order valence-corrected chi connectivity index (χ1v) is 15.9. The highest BCUT2D eigenvalue weighted by Gasteiger charge is 2.35. The molecule has 0 bridgehead atoms. The first-order chi connectivity index (χ1) is 20.2. The van der Waals surface area contributed by atoms with Gasteiger partial charge in [-0.25, -0.2) is 0 Å². The molecule has 250 valence electrons. The maximum Gasteiger partial charge on any atom is 0.249 e. The summed E-state index contributed by atoms with van der Waals surface area (Å²) in [6, 6.07) is -1.03. The Kier molecular flexibility index (Phi) is 20.8. The van der Waals surface area contributed by atoms with Crippen molar-refractivity contribution in [3.8, 4) is 0 Å². The van der Waals surface area contributed by atoms with Crippen molar-refractivity contribution in [2.45, 2.75) is 112 Å². The number of aliphatic hydroxyl groups excluding tert-OH is 2. The Hall–Kier alpha value is -2.50. The number of piperidine rings is 1. The summed E-state index contributed by atoms with van der Waals surface area (Å²) < 4.78 is 0. The van der Waals surface area contributed by atoms with E-state index < -0.39 is 31.2 Å². The van der Waals surface area contributed by atoms with Crippen LogP contribution in [0.5, 0.6) is 0 Å². The molecule has 2 saturated heterocycles. The van der Waals surface area contributed by atoms with E-state index in [9.17, 15) is 19.2 Å². The molecule has 4 N–H and O–H groups in total. The molecule has 2 atom stereocenters. The zero-order valence-electron chi connectivity index (χ0n) is 28.3. The van der Waals surface area contributed by atoms with Gasteiger partial charge >= 0.3 is 0 Å². The van der Waals surface area contributed by atoms with Crippen LogP contribution in [0.4, 0.5) is 0 Å². The van der Waals surface area contributed by atoms with Gasteiger partial charge in [-0.3, -0.25) is 19.2 Å². The van der Waals surface area contributed by atoms with E-state index in [-0.39, 0.29) is 30.3 Å². The third-order valence-corrected chi connectivity index (χ3v) is 7.34. The van der Waals surface area contributed by atoms with Crippen LogP contribution in [-0.4, -0.2) is 120 Å². The number of amides is 4. The fraction of sp³-hybridized carbons (Fsp3) is 0.812. The van der Waals surface area contributed by atoms with E-state index >= 15 is 0 Å². The summed E-state index contributed by atoms with van der Waals surface area (Å²) in [6.07, 6.45) is 7.61. The van der Waals surface area contributed by atoms with E-state index in [1.807, 2.05) is 13.8 Å². The van der Waals surface area contributed by atoms with Gasteiger partial charge < -0.3 is 35.5 Å². The Labute approximate surface area is 260 Å². The molecule has 2 aliphatic heterocycles. The quantitative estimate of drug-likeness (QED) is 0.196. The summed E-state index contributed by atoms with van der Waals surface area (Å²) in [4.78, 5) is 53.7. The number of hydrogen-bond donors (Lipinski definition) is 4. The molecule has 43 heavy (non-hydrogen) atoms. The van der Waals surface area contributed by atoms with E-state index in [2.05, 4.69) is 50.2 Å². The summed E-state index contributed by atoms with van der Waals surface area (Å²) in [7, 11) is 1.61. The lowest BCUT2D eigenvalue weighted by Gasteiger charge is -2.30. The molecule has 11 nitrogen and oxygen atoms in total. The molecule has 0 unspecified atom stereocenters. The summed E-state index contributed by atoms with van der Waals surface area (Å²) >= 11 is 0. The molecule has 0 radical (unpaired) electrons. The summed E-state index contributed by atoms with van der Waals surface area (Å²) in [5.41, 5.74) is 0.414. The number of nitrogens with zero attached hydrogens (tertiary/aromatic N) is 3. The van der Waals surface area contributed by atoms with Gasteiger partial charge in [0, 0.05) is 25.2 Å². The fourth-order valence-corrected chi connectivity index (χ4v) is 4.89. The summed E-state index contributed by atoms with van der Waals surface area (Å²) in [5, 5.41) is 23.2. The Morgan fingerprint density at radius 1 is 0.930 bits per heavy atom. The van der Waals surface area contributed by atoms with Crippen LogP contribution in [0.2, 0.25) is 0 Å². The number of carbonyl (C=O) groups excluding carboxylic acids is 4. The molecule has 4 amide bonds. The lowest BCUT2D eigenvalue weighted by molar-refractivity contribution is -0.136. The van der Waals surface area contributed by atoms with Gasteiger partial charge in [-0.05, 0) is 71.4 Å². The Morgan fingerprint density at radius 3 is 1.93 bits per heavy atom. The molecular formula is C32H61N5O6. The average molecular weight is 612 g/mol. The van der Waals surface area contributed by atoms with Crippen molar-refractivity contribution in [1.82, 2.24) is 25.3 Å². The van der Waals surface area contributed by atoms with Crippen LogP contribution in [0.1, 0.15) is 87.5 Å². The number of hydrogen-bond acceptors (Lipinski definition) is 7. The molecule has 2 rings (SSSR count). The van der Waals surface area contributed by atoms with Crippen molar-refractivity contribution >= 4 is 24.1 Å². The van der Waals surface area contributed by atoms with Crippen LogP contribution < -0.4 is 10.6 Å². The van der Waals surface area contributed by atoms with Crippen LogP contribution in [0.15, 0.2) is 11.6 Å². The van der Waals surface area contributed by atoms with Crippen molar-refractivity contribution in [2.75, 3.05) is 46.4 Å². The van der Waals surface area contributed by atoms with Gasteiger partial charge in [-0.1, -0.05) is 47.1 Å². The largest absolute Gasteiger partial charge is 0.394 e. The Morgan fingerprint density at radius 2 is 1.49 bits per heavy atom. The molecule has 0 spiro atoms. The molecule has 2 aliphatic rings. The smallest absolute Gasteiger partial charge is 0.249 e. The predicted molar refractivity (Wildman–Crippen MR) is 171 cm³/mol. The normalized spacial score (nSPS) is 18.1. The van der Waals surface area contributed by atoms with Crippen molar-refractivity contribution in [3.63, 3.8) is 0 Å². The monoisotopic (exact) mass is 611 g/mol. The van der Waals surface area contributed by atoms with Gasteiger partial charge in [-0.2, -0.15) is 0 Å². The first kappa shape index (κ1) is 40.5. The minimum atomic E-state index is -0.767. The number of nitrogens with one attached hydrogen (secondary N) is 2. The molecule has 0 aliphatic carbocycles. The van der Waals surface area contributed by atoms with Crippen molar-refractivity contribution in [3.05, 3.63) is 11.6 Å². The van der Waals surface area contributed by atoms with Crippen molar-refractivity contribution < 1.29 is 29.4 Å². The second kappa shape index (κ2) is 22.1. The number of likely N-dealkylation sites (tertiary alicyclic amines) is 2. The number of rotatable bonds is 12. The van der Waals surface area contributed by atoms with Crippen LogP contribution in [0.3, 0.4) is 0 Å². The van der Waals surface area contributed by atoms with Gasteiger partial charge in [0.25, 0.3) is 0 Å². The molecule has 0 saturated carbocycles. The van der Waals surface area contributed by atoms with Crippen LogP contribution in [0.25, 0.3) is 0 Å². The molecule has 2 fully saturated rings. The standard InChI is InChI=1S/C20H34N4O6.C8H17N.C4H10/c1-13(2)17(23(4)18(28)9-21-12-27)8-14(3)20(30)24-7-5-6-16(24)19(29)22-15(10-25)11-26;1-8(2)9-6-4-3-5-7-9;1-4(2)3/h8,12-13,15-17,25-26H,5-7,9-11H2,1-4H3,(H,21,27)(H,22,29);8H,3-7H2,1-2H3;4H,1-3H3/b14-8+;;/t16-,17+;;/m0../s1. The minimum Gasteiger partial charge on any atom is -0.394 e. The van der Waals surface area contributed by atoms with E-state index in [1.165, 1.54) is 42.2 Å². The Balaban J connectivity index is 0.00000111. The van der Waals surface area contributed by atoms with Crippen LogP contribution in [0, 0.1) is 11.8 Å². The zero-order valence-corrected chi connectivity index (χ0v) is 28.3. The molecule has 0 aromatic carbocycles. The van der Waals surface area contributed by atoms with Crippen molar-refractivity contribution in [1.29, 1.82) is 0 Å². The molecular weight excluding hydrogens is 550 g/mol. The van der Waals surface area contributed by atoms with E-state index in [0.717, 1.165) is 12.0 Å². The zero-order chi connectivity index (χ0) is 33.1. The maximum absolute atomic E-state index is 13.0. The maximum atomic E-state index is 13.0. The SMILES string of the molecule is C/C(=C\[C@H](C(C)C)N(C)C(=O)CNC=O)C(=O)N1CCC[C@H]1C(=O)NC(CO)CO.CC(C)C.CC(C)N1CCCCC1. The van der Waals surface area contributed by atoms with Gasteiger partial charge in [0.05, 0.1) is 31.8 Å². The van der Waals surface area contributed by atoms with Gasteiger partial charge in [-0.15, -0.1) is 0 Å².